The Balaban J connectivity index is 1.60. The van der Waals surface area contributed by atoms with Gasteiger partial charge in [0.2, 0.25) is 0 Å². The fourth-order valence-electron chi connectivity index (χ4n) is 3.08. The van der Waals surface area contributed by atoms with E-state index in [0.717, 1.165) is 16.7 Å². The SMILES string of the molecule is c1ccc(-c2nc(-c3ccc(-c4ccncc4)cc3)nc(-c3ccccn3)n2)nc1. The first-order chi connectivity index (χ1) is 14.9. The maximum atomic E-state index is 4.68. The van der Waals surface area contributed by atoms with Gasteiger partial charge in [-0.15, -0.1) is 0 Å². The zero-order valence-corrected chi connectivity index (χ0v) is 15.9. The van der Waals surface area contributed by atoms with Crippen molar-refractivity contribution in [2.45, 2.75) is 0 Å². The van der Waals surface area contributed by atoms with E-state index >= 15 is 0 Å². The molecule has 4 aromatic heterocycles. The second-order valence-corrected chi connectivity index (χ2v) is 6.55. The number of hydrogen-bond acceptors (Lipinski definition) is 6. The second kappa shape index (κ2) is 7.97. The molecule has 0 aliphatic heterocycles. The summed E-state index contributed by atoms with van der Waals surface area (Å²) in [5, 5.41) is 0. The summed E-state index contributed by atoms with van der Waals surface area (Å²) < 4.78 is 0. The third kappa shape index (κ3) is 3.66. The van der Waals surface area contributed by atoms with Gasteiger partial charge in [-0.05, 0) is 47.5 Å². The number of aromatic nitrogens is 6. The van der Waals surface area contributed by atoms with Crippen LogP contribution in [0, 0.1) is 0 Å². The van der Waals surface area contributed by atoms with Gasteiger partial charge in [0.25, 0.3) is 0 Å². The number of benzene rings is 1. The van der Waals surface area contributed by atoms with E-state index in [0.29, 0.717) is 28.9 Å². The van der Waals surface area contributed by atoms with E-state index in [1.165, 1.54) is 0 Å². The molecular weight excluding hydrogens is 372 g/mol. The van der Waals surface area contributed by atoms with Crippen LogP contribution in [0.5, 0.6) is 0 Å². The standard InChI is InChI=1S/C24H16N6/c1-3-13-26-20(5-1)23-28-22(29-24(30-23)21-6-2-4-14-27-21)19-9-7-17(8-10-19)18-11-15-25-16-12-18/h1-16H. The van der Waals surface area contributed by atoms with E-state index in [1.54, 1.807) is 24.8 Å². The lowest BCUT2D eigenvalue weighted by Crippen LogP contribution is -2.01. The Hall–Kier alpha value is -4.32. The molecule has 4 heterocycles. The van der Waals surface area contributed by atoms with E-state index in [-0.39, 0.29) is 0 Å². The molecule has 0 aliphatic rings. The summed E-state index contributed by atoms with van der Waals surface area (Å²) in [5.41, 5.74) is 4.48. The molecule has 0 saturated heterocycles. The molecule has 30 heavy (non-hydrogen) atoms. The highest BCUT2D eigenvalue weighted by atomic mass is 15.1. The highest BCUT2D eigenvalue weighted by Gasteiger charge is 2.13. The molecule has 1 aromatic carbocycles. The maximum Gasteiger partial charge on any atom is 0.182 e. The quantitative estimate of drug-likeness (QED) is 0.443. The monoisotopic (exact) mass is 388 g/mol. The third-order valence-corrected chi connectivity index (χ3v) is 4.58. The zero-order chi connectivity index (χ0) is 20.2. The van der Waals surface area contributed by atoms with Gasteiger partial charge >= 0.3 is 0 Å². The Kier molecular flexibility index (Phi) is 4.72. The van der Waals surface area contributed by atoms with Crippen molar-refractivity contribution >= 4 is 0 Å². The van der Waals surface area contributed by atoms with Crippen LogP contribution in [0.25, 0.3) is 45.6 Å². The molecule has 0 aliphatic carbocycles. The molecule has 0 amide bonds. The van der Waals surface area contributed by atoms with Crippen molar-refractivity contribution in [3.63, 3.8) is 0 Å². The Morgan fingerprint density at radius 2 is 0.900 bits per heavy atom. The fourth-order valence-corrected chi connectivity index (χ4v) is 3.08. The summed E-state index contributed by atoms with van der Waals surface area (Å²) in [7, 11) is 0. The number of hydrogen-bond donors (Lipinski definition) is 0. The summed E-state index contributed by atoms with van der Waals surface area (Å²) in [5.74, 6) is 1.60. The average molecular weight is 388 g/mol. The third-order valence-electron chi connectivity index (χ3n) is 4.58. The Bertz CT molecular complexity index is 1200. The lowest BCUT2D eigenvalue weighted by molar-refractivity contribution is 1.05. The maximum absolute atomic E-state index is 4.68. The average Bonchev–Trinajstić information content (AvgIpc) is 2.85. The molecule has 142 valence electrons. The first kappa shape index (κ1) is 17.8. The zero-order valence-electron chi connectivity index (χ0n) is 15.9. The number of pyridine rings is 3. The molecule has 0 spiro atoms. The van der Waals surface area contributed by atoms with Crippen molar-refractivity contribution < 1.29 is 0 Å². The number of rotatable bonds is 4. The van der Waals surface area contributed by atoms with Gasteiger partial charge in [0.15, 0.2) is 17.5 Å². The predicted octanol–water partition coefficient (Wildman–Crippen LogP) is 4.72. The first-order valence-corrected chi connectivity index (χ1v) is 9.46. The molecule has 0 N–H and O–H groups in total. The van der Waals surface area contributed by atoms with Crippen LogP contribution in [0.3, 0.4) is 0 Å². The van der Waals surface area contributed by atoms with Crippen LogP contribution < -0.4 is 0 Å². The van der Waals surface area contributed by atoms with Gasteiger partial charge in [-0.1, -0.05) is 36.4 Å². The second-order valence-electron chi connectivity index (χ2n) is 6.55. The van der Waals surface area contributed by atoms with Crippen LogP contribution in [0.15, 0.2) is 97.6 Å². The van der Waals surface area contributed by atoms with E-state index < -0.39 is 0 Å². The number of nitrogens with zero attached hydrogens (tertiary/aromatic N) is 6. The molecule has 0 atom stereocenters. The molecule has 0 saturated carbocycles. The minimum absolute atomic E-state index is 0.513. The van der Waals surface area contributed by atoms with Crippen LogP contribution in [-0.2, 0) is 0 Å². The normalized spacial score (nSPS) is 10.7. The van der Waals surface area contributed by atoms with Gasteiger partial charge in [-0.3, -0.25) is 15.0 Å². The van der Waals surface area contributed by atoms with Crippen LogP contribution in [0.2, 0.25) is 0 Å². The lowest BCUT2D eigenvalue weighted by Gasteiger charge is -2.08. The molecule has 0 bridgehead atoms. The van der Waals surface area contributed by atoms with Gasteiger partial charge in [-0.25, -0.2) is 15.0 Å². The van der Waals surface area contributed by atoms with E-state index in [1.807, 2.05) is 60.7 Å². The molecule has 0 unspecified atom stereocenters. The molecule has 6 nitrogen and oxygen atoms in total. The van der Waals surface area contributed by atoms with Crippen molar-refractivity contribution in [3.05, 3.63) is 97.6 Å². The summed E-state index contributed by atoms with van der Waals surface area (Å²) >= 11 is 0. The van der Waals surface area contributed by atoms with Crippen LogP contribution in [-0.4, -0.2) is 29.9 Å². The van der Waals surface area contributed by atoms with Crippen molar-refractivity contribution in [2.24, 2.45) is 0 Å². The minimum atomic E-state index is 0.513. The van der Waals surface area contributed by atoms with Crippen LogP contribution >= 0.6 is 0 Å². The molecule has 0 radical (unpaired) electrons. The van der Waals surface area contributed by atoms with Gasteiger partial charge in [0.1, 0.15) is 11.4 Å². The molecule has 6 heteroatoms. The largest absolute Gasteiger partial charge is 0.265 e. The lowest BCUT2D eigenvalue weighted by atomic mass is 10.0. The topological polar surface area (TPSA) is 77.3 Å². The Morgan fingerprint density at radius 3 is 1.43 bits per heavy atom. The fraction of sp³-hybridized carbons (Fsp3) is 0. The van der Waals surface area contributed by atoms with E-state index in [4.69, 9.17) is 0 Å². The van der Waals surface area contributed by atoms with Crippen molar-refractivity contribution in [2.75, 3.05) is 0 Å². The highest BCUT2D eigenvalue weighted by molar-refractivity contribution is 5.69. The molecule has 5 aromatic rings. The summed E-state index contributed by atoms with van der Waals surface area (Å²) in [6.07, 6.45) is 7.02. The van der Waals surface area contributed by atoms with E-state index in [2.05, 4.69) is 42.0 Å². The van der Waals surface area contributed by atoms with Gasteiger partial charge in [-0.2, -0.15) is 0 Å². The van der Waals surface area contributed by atoms with Crippen LogP contribution in [0.4, 0.5) is 0 Å². The molecule has 0 fully saturated rings. The Labute approximate surface area is 173 Å². The van der Waals surface area contributed by atoms with Crippen LogP contribution in [0.1, 0.15) is 0 Å². The minimum Gasteiger partial charge on any atom is -0.265 e. The Morgan fingerprint density at radius 1 is 0.400 bits per heavy atom. The highest BCUT2D eigenvalue weighted by Crippen LogP contribution is 2.25. The first-order valence-electron chi connectivity index (χ1n) is 9.46. The van der Waals surface area contributed by atoms with Gasteiger partial charge in [0, 0.05) is 30.4 Å². The van der Waals surface area contributed by atoms with E-state index in [9.17, 15) is 0 Å². The predicted molar refractivity (Wildman–Crippen MR) is 115 cm³/mol. The molecular formula is C24H16N6. The van der Waals surface area contributed by atoms with Crippen molar-refractivity contribution in [3.8, 4) is 45.6 Å². The van der Waals surface area contributed by atoms with Gasteiger partial charge in [0.05, 0.1) is 0 Å². The molecule has 5 rings (SSSR count). The summed E-state index contributed by atoms with van der Waals surface area (Å²) in [6.45, 7) is 0. The van der Waals surface area contributed by atoms with Crippen molar-refractivity contribution in [1.82, 2.24) is 29.9 Å². The summed E-state index contributed by atoms with van der Waals surface area (Å²) in [6, 6.07) is 23.4. The van der Waals surface area contributed by atoms with Gasteiger partial charge < -0.3 is 0 Å². The summed E-state index contributed by atoms with van der Waals surface area (Å²) in [4.78, 5) is 26.8. The smallest absolute Gasteiger partial charge is 0.182 e. The van der Waals surface area contributed by atoms with Crippen molar-refractivity contribution in [1.29, 1.82) is 0 Å².